The third-order valence-corrected chi connectivity index (χ3v) is 6.39. The second-order valence-electron chi connectivity index (χ2n) is 7.91. The fourth-order valence-corrected chi connectivity index (χ4v) is 4.55. The highest BCUT2D eigenvalue weighted by atomic mass is 35.5. The first-order chi connectivity index (χ1) is 14.0. The number of halogens is 1. The first-order valence-corrected chi connectivity index (χ1v) is 10.2. The van der Waals surface area contributed by atoms with E-state index in [-0.39, 0.29) is 5.56 Å². The van der Waals surface area contributed by atoms with Crippen LogP contribution in [0.15, 0.2) is 41.5 Å². The molecule has 148 valence electrons. The van der Waals surface area contributed by atoms with Gasteiger partial charge in [-0.2, -0.15) is 0 Å². The Bertz CT molecular complexity index is 1170. The van der Waals surface area contributed by atoms with Gasteiger partial charge in [0, 0.05) is 30.9 Å². The maximum Gasteiger partial charge on any atom is 0.341 e. The van der Waals surface area contributed by atoms with Crippen LogP contribution in [0.5, 0.6) is 0 Å². The Balaban J connectivity index is 1.65. The van der Waals surface area contributed by atoms with Crippen LogP contribution in [-0.4, -0.2) is 20.6 Å². The highest BCUT2D eigenvalue weighted by Gasteiger charge is 2.25. The lowest BCUT2D eigenvalue weighted by atomic mass is 9.85. The average Bonchev–Trinajstić information content (AvgIpc) is 3.09. The molecule has 0 atom stereocenters. The molecule has 1 fully saturated rings. The van der Waals surface area contributed by atoms with Crippen LogP contribution in [0.25, 0.3) is 10.9 Å². The van der Waals surface area contributed by atoms with Gasteiger partial charge in [0.2, 0.25) is 5.43 Å². The molecule has 1 saturated carbocycles. The molecule has 0 spiro atoms. The van der Waals surface area contributed by atoms with Crippen molar-refractivity contribution in [2.75, 3.05) is 4.90 Å². The van der Waals surface area contributed by atoms with E-state index in [9.17, 15) is 14.7 Å². The highest BCUT2D eigenvalue weighted by molar-refractivity contribution is 6.34. The van der Waals surface area contributed by atoms with Crippen LogP contribution in [0.3, 0.4) is 0 Å². The summed E-state index contributed by atoms with van der Waals surface area (Å²) < 4.78 is 1.92. The Morgan fingerprint density at radius 3 is 2.79 bits per heavy atom. The van der Waals surface area contributed by atoms with Gasteiger partial charge in [-0.15, -0.1) is 0 Å². The topological polar surface area (TPSA) is 75.4 Å². The van der Waals surface area contributed by atoms with Crippen molar-refractivity contribution in [3.63, 3.8) is 0 Å². The van der Waals surface area contributed by atoms with Crippen molar-refractivity contribution in [1.82, 2.24) is 9.55 Å². The van der Waals surface area contributed by atoms with Crippen LogP contribution in [0.1, 0.15) is 40.9 Å². The van der Waals surface area contributed by atoms with Crippen LogP contribution in [0, 0.1) is 5.92 Å². The van der Waals surface area contributed by atoms with Gasteiger partial charge in [-0.3, -0.25) is 9.78 Å². The molecule has 0 saturated heterocycles. The second kappa shape index (κ2) is 6.88. The molecule has 0 radical (unpaired) electrons. The molecule has 2 aliphatic rings. The third kappa shape index (κ3) is 3.08. The summed E-state index contributed by atoms with van der Waals surface area (Å²) in [6.45, 7) is 2.07. The van der Waals surface area contributed by atoms with Crippen LogP contribution in [0.2, 0.25) is 5.02 Å². The molecule has 2 aromatic heterocycles. The number of pyridine rings is 2. The molecular formula is C22H20ClN3O3. The summed E-state index contributed by atoms with van der Waals surface area (Å²) in [6, 6.07) is 7.53. The molecule has 6 nitrogen and oxygen atoms in total. The number of fused-ring (bicyclic) bond motifs is 2. The first-order valence-electron chi connectivity index (χ1n) is 9.79. The standard InChI is InChI=1S/C22H20ClN3O3/c23-17-7-15-19(8-20(17)26-10-14-5-2-6-24-18(14)12-26)25(9-13-3-1-4-13)11-16(21(15)27)22(28)29/h2,5-8,11,13H,1,3-4,9-10,12H2,(H,28,29). The summed E-state index contributed by atoms with van der Waals surface area (Å²) in [5.41, 5.74) is 3.06. The minimum Gasteiger partial charge on any atom is -0.477 e. The van der Waals surface area contributed by atoms with Crippen molar-refractivity contribution in [2.24, 2.45) is 5.92 Å². The smallest absolute Gasteiger partial charge is 0.341 e. The van der Waals surface area contributed by atoms with E-state index < -0.39 is 11.4 Å². The fourth-order valence-electron chi connectivity index (χ4n) is 4.27. The minimum absolute atomic E-state index is 0.210. The van der Waals surface area contributed by atoms with Gasteiger partial charge in [-0.25, -0.2) is 4.79 Å². The lowest BCUT2D eigenvalue weighted by Crippen LogP contribution is -2.24. The van der Waals surface area contributed by atoms with Gasteiger partial charge < -0.3 is 14.6 Å². The summed E-state index contributed by atoms with van der Waals surface area (Å²) in [7, 11) is 0. The number of hydrogen-bond acceptors (Lipinski definition) is 4. The molecule has 7 heteroatoms. The van der Waals surface area contributed by atoms with Gasteiger partial charge in [-0.05, 0) is 42.5 Å². The fraction of sp³-hybridized carbons (Fsp3) is 0.318. The molecule has 29 heavy (non-hydrogen) atoms. The van der Waals surface area contributed by atoms with Crippen molar-refractivity contribution in [3.05, 3.63) is 68.7 Å². The van der Waals surface area contributed by atoms with Gasteiger partial charge in [0.1, 0.15) is 5.56 Å². The number of hydrogen-bond donors (Lipinski definition) is 1. The number of aromatic nitrogens is 2. The summed E-state index contributed by atoms with van der Waals surface area (Å²) in [4.78, 5) is 31.0. The molecule has 0 bridgehead atoms. The van der Waals surface area contributed by atoms with Crippen LogP contribution in [-0.2, 0) is 19.6 Å². The number of benzene rings is 1. The van der Waals surface area contributed by atoms with E-state index >= 15 is 0 Å². The predicted octanol–water partition coefficient (Wildman–Crippen LogP) is 4.07. The maximum absolute atomic E-state index is 12.8. The molecule has 1 aliphatic heterocycles. The summed E-state index contributed by atoms with van der Waals surface area (Å²) in [6.07, 6.45) is 6.73. The van der Waals surface area contributed by atoms with Crippen LogP contribution in [0.4, 0.5) is 5.69 Å². The van der Waals surface area contributed by atoms with Crippen molar-refractivity contribution in [3.8, 4) is 0 Å². The number of carbonyl (C=O) groups is 1. The SMILES string of the molecule is O=C(O)c1cn(CC2CCC2)c2cc(N3Cc4cccnc4C3)c(Cl)cc2c1=O. The number of rotatable bonds is 4. The Morgan fingerprint density at radius 1 is 1.28 bits per heavy atom. The van der Waals surface area contributed by atoms with E-state index in [0.29, 0.717) is 36.0 Å². The number of carboxylic acids is 1. The minimum atomic E-state index is -1.21. The Hall–Kier alpha value is -2.86. The molecule has 3 heterocycles. The monoisotopic (exact) mass is 409 g/mol. The molecule has 3 aromatic rings. The van der Waals surface area contributed by atoms with Gasteiger partial charge in [-0.1, -0.05) is 24.1 Å². The molecule has 5 rings (SSSR count). The number of carboxylic acid groups (broad SMARTS) is 1. The predicted molar refractivity (Wildman–Crippen MR) is 112 cm³/mol. The zero-order chi connectivity index (χ0) is 20.1. The number of aromatic carboxylic acids is 1. The Labute approximate surface area is 172 Å². The average molecular weight is 410 g/mol. The first kappa shape index (κ1) is 18.2. The second-order valence-corrected chi connectivity index (χ2v) is 8.32. The summed E-state index contributed by atoms with van der Waals surface area (Å²) >= 11 is 6.57. The van der Waals surface area contributed by atoms with Gasteiger partial charge in [0.05, 0.1) is 28.5 Å². The molecule has 0 amide bonds. The number of anilines is 1. The third-order valence-electron chi connectivity index (χ3n) is 6.09. The maximum atomic E-state index is 12.8. The zero-order valence-electron chi connectivity index (χ0n) is 15.8. The van der Waals surface area contributed by atoms with Crippen molar-refractivity contribution in [1.29, 1.82) is 0 Å². The molecule has 0 unspecified atom stereocenters. The van der Waals surface area contributed by atoms with E-state index in [4.69, 9.17) is 11.6 Å². The van der Waals surface area contributed by atoms with E-state index in [1.807, 2.05) is 16.7 Å². The van der Waals surface area contributed by atoms with E-state index in [1.54, 1.807) is 12.3 Å². The van der Waals surface area contributed by atoms with Gasteiger partial charge in [0.15, 0.2) is 0 Å². The van der Waals surface area contributed by atoms with Gasteiger partial charge >= 0.3 is 5.97 Å². The van der Waals surface area contributed by atoms with Crippen molar-refractivity contribution >= 4 is 34.2 Å². The molecule has 1 N–H and O–H groups in total. The van der Waals surface area contributed by atoms with E-state index in [2.05, 4.69) is 16.0 Å². The molecule has 1 aromatic carbocycles. The van der Waals surface area contributed by atoms with Crippen LogP contribution >= 0.6 is 11.6 Å². The summed E-state index contributed by atoms with van der Waals surface area (Å²) in [5.74, 6) is -0.692. The van der Waals surface area contributed by atoms with Crippen molar-refractivity contribution in [2.45, 2.75) is 38.9 Å². The van der Waals surface area contributed by atoms with E-state index in [0.717, 1.165) is 35.3 Å². The number of nitrogens with zero attached hydrogens (tertiary/aromatic N) is 3. The van der Waals surface area contributed by atoms with Crippen molar-refractivity contribution < 1.29 is 9.90 Å². The van der Waals surface area contributed by atoms with E-state index in [1.165, 1.54) is 12.6 Å². The van der Waals surface area contributed by atoms with Gasteiger partial charge in [0.25, 0.3) is 0 Å². The lowest BCUT2D eigenvalue weighted by Gasteiger charge is -2.28. The normalized spacial score (nSPS) is 16.1. The Kier molecular flexibility index (Phi) is 4.32. The summed E-state index contributed by atoms with van der Waals surface area (Å²) in [5, 5.41) is 10.3. The zero-order valence-corrected chi connectivity index (χ0v) is 16.5. The molecule has 1 aliphatic carbocycles. The largest absolute Gasteiger partial charge is 0.477 e. The highest BCUT2D eigenvalue weighted by Crippen LogP contribution is 2.36. The lowest BCUT2D eigenvalue weighted by molar-refractivity contribution is 0.0694. The molecular weight excluding hydrogens is 390 g/mol. The quantitative estimate of drug-likeness (QED) is 0.703. The van der Waals surface area contributed by atoms with Crippen LogP contribution < -0.4 is 10.3 Å². The Morgan fingerprint density at radius 2 is 2.10 bits per heavy atom.